The smallest absolute Gasteiger partial charge is 0.277 e. The average Bonchev–Trinajstić information content (AvgIpc) is 2.58. The third-order valence-electron chi connectivity index (χ3n) is 1.27. The molecule has 2 aromatic heterocycles. The van der Waals surface area contributed by atoms with Gasteiger partial charge in [0.2, 0.25) is 0 Å². The lowest BCUT2D eigenvalue weighted by Gasteiger charge is -1.81. The van der Waals surface area contributed by atoms with E-state index >= 15 is 0 Å². The molecule has 0 aliphatic heterocycles. The van der Waals surface area contributed by atoms with Crippen molar-refractivity contribution >= 4 is 11.8 Å². The molecule has 2 rings (SSSR count). The zero-order chi connectivity index (χ0) is 8.55. The van der Waals surface area contributed by atoms with E-state index in [1.807, 2.05) is 0 Å². The van der Waals surface area contributed by atoms with E-state index in [0.29, 0.717) is 11.5 Å². The van der Waals surface area contributed by atoms with Crippen molar-refractivity contribution in [1.29, 1.82) is 0 Å². The molecule has 5 N–H and O–H groups in total. The van der Waals surface area contributed by atoms with E-state index in [4.69, 9.17) is 16.0 Å². The van der Waals surface area contributed by atoms with Crippen molar-refractivity contribution in [1.82, 2.24) is 20.3 Å². The van der Waals surface area contributed by atoms with Gasteiger partial charge < -0.3 is 16.0 Å². The standard InChI is InChI=1S/C5H6N6O/c6-3-1-2(9-10-3)4-8-5(7)11-12-4/h1H,(H2,7,11)(H3,6,9,10). The molecular formula is C5H6N6O. The van der Waals surface area contributed by atoms with E-state index in [9.17, 15) is 0 Å². The Balaban J connectivity index is 2.43. The largest absolute Gasteiger partial charge is 0.382 e. The fourth-order valence-electron chi connectivity index (χ4n) is 0.791. The van der Waals surface area contributed by atoms with Gasteiger partial charge >= 0.3 is 0 Å². The van der Waals surface area contributed by atoms with Crippen molar-refractivity contribution in [2.24, 2.45) is 0 Å². The fraction of sp³-hybridized carbons (Fsp3) is 0. The number of aromatic amines is 1. The van der Waals surface area contributed by atoms with Crippen LogP contribution in [0.2, 0.25) is 0 Å². The number of nitrogen functional groups attached to an aromatic ring is 2. The number of nitrogens with one attached hydrogen (secondary N) is 1. The normalized spacial score (nSPS) is 10.3. The van der Waals surface area contributed by atoms with Crippen LogP contribution in [-0.2, 0) is 0 Å². The predicted molar refractivity (Wildman–Crippen MR) is 40.7 cm³/mol. The minimum absolute atomic E-state index is 0.0816. The highest BCUT2D eigenvalue weighted by Crippen LogP contribution is 2.15. The maximum atomic E-state index is 5.36. The Labute approximate surface area is 66.8 Å². The van der Waals surface area contributed by atoms with E-state index < -0.39 is 0 Å². The summed E-state index contributed by atoms with van der Waals surface area (Å²) >= 11 is 0. The molecule has 0 atom stereocenters. The minimum atomic E-state index is 0.0816. The van der Waals surface area contributed by atoms with Crippen LogP contribution < -0.4 is 11.5 Å². The third-order valence-corrected chi connectivity index (χ3v) is 1.27. The summed E-state index contributed by atoms with van der Waals surface area (Å²) in [7, 11) is 0. The molecule has 0 aliphatic carbocycles. The van der Waals surface area contributed by atoms with Gasteiger partial charge in [-0.15, -0.1) is 0 Å². The Morgan fingerprint density at radius 3 is 2.75 bits per heavy atom. The van der Waals surface area contributed by atoms with E-state index in [-0.39, 0.29) is 11.8 Å². The Morgan fingerprint density at radius 2 is 2.25 bits per heavy atom. The zero-order valence-electron chi connectivity index (χ0n) is 5.98. The first-order valence-corrected chi connectivity index (χ1v) is 3.16. The summed E-state index contributed by atoms with van der Waals surface area (Å²) in [6, 6.07) is 1.58. The van der Waals surface area contributed by atoms with Gasteiger partial charge in [-0.1, -0.05) is 0 Å². The van der Waals surface area contributed by atoms with Crippen LogP contribution >= 0.6 is 0 Å². The Hall–Kier alpha value is -2.05. The molecule has 0 saturated heterocycles. The molecule has 12 heavy (non-hydrogen) atoms. The first-order valence-electron chi connectivity index (χ1n) is 3.16. The Kier molecular flexibility index (Phi) is 1.23. The molecule has 0 bridgehead atoms. The molecule has 0 unspecified atom stereocenters. The molecule has 0 spiro atoms. The lowest BCUT2D eigenvalue weighted by atomic mass is 10.4. The number of hydrogen-bond acceptors (Lipinski definition) is 6. The monoisotopic (exact) mass is 166 g/mol. The molecule has 2 heterocycles. The van der Waals surface area contributed by atoms with Gasteiger partial charge in [-0.2, -0.15) is 10.1 Å². The lowest BCUT2D eigenvalue weighted by molar-refractivity contribution is 0.431. The van der Waals surface area contributed by atoms with Gasteiger partial charge in [0.25, 0.3) is 11.8 Å². The van der Waals surface area contributed by atoms with Crippen molar-refractivity contribution in [2.45, 2.75) is 0 Å². The number of anilines is 2. The second kappa shape index (κ2) is 2.22. The second-order valence-corrected chi connectivity index (χ2v) is 2.16. The van der Waals surface area contributed by atoms with Crippen LogP contribution in [0, 0.1) is 0 Å². The number of rotatable bonds is 1. The highest BCUT2D eigenvalue weighted by Gasteiger charge is 2.08. The molecule has 0 saturated carbocycles. The van der Waals surface area contributed by atoms with Crippen LogP contribution in [0.5, 0.6) is 0 Å². The van der Waals surface area contributed by atoms with E-state index in [1.165, 1.54) is 0 Å². The van der Waals surface area contributed by atoms with Crippen molar-refractivity contribution in [3.8, 4) is 11.6 Å². The first kappa shape index (κ1) is 6.65. The quantitative estimate of drug-likeness (QED) is 0.531. The highest BCUT2D eigenvalue weighted by molar-refractivity contribution is 5.52. The van der Waals surface area contributed by atoms with Crippen LogP contribution in [0.15, 0.2) is 10.6 Å². The maximum Gasteiger partial charge on any atom is 0.277 e. The summed E-state index contributed by atoms with van der Waals surface area (Å²) in [5, 5.41) is 9.70. The summed E-state index contributed by atoms with van der Waals surface area (Å²) in [4.78, 5) is 3.77. The number of aromatic nitrogens is 4. The SMILES string of the molecule is Nc1cc(-c2nc(N)no2)[nH]n1. The summed E-state index contributed by atoms with van der Waals surface area (Å²) in [5.74, 6) is 0.719. The molecule has 2 aromatic rings. The van der Waals surface area contributed by atoms with Gasteiger partial charge in [-0.05, 0) is 5.16 Å². The minimum Gasteiger partial charge on any atom is -0.382 e. The van der Waals surface area contributed by atoms with Gasteiger partial charge in [-0.25, -0.2) is 0 Å². The molecule has 62 valence electrons. The fourth-order valence-corrected chi connectivity index (χ4v) is 0.791. The summed E-state index contributed by atoms with van der Waals surface area (Å²) in [6.07, 6.45) is 0. The van der Waals surface area contributed by atoms with Gasteiger partial charge in [0, 0.05) is 6.07 Å². The highest BCUT2D eigenvalue weighted by atomic mass is 16.5. The zero-order valence-corrected chi connectivity index (χ0v) is 5.98. The van der Waals surface area contributed by atoms with Crippen molar-refractivity contribution < 1.29 is 4.52 Å². The molecule has 0 radical (unpaired) electrons. The molecule has 7 nitrogen and oxygen atoms in total. The van der Waals surface area contributed by atoms with Crippen LogP contribution in [0.3, 0.4) is 0 Å². The molecule has 0 fully saturated rings. The third kappa shape index (κ3) is 0.965. The van der Waals surface area contributed by atoms with Crippen molar-refractivity contribution in [3.63, 3.8) is 0 Å². The number of nitrogens with two attached hydrogens (primary N) is 2. The molecule has 0 amide bonds. The van der Waals surface area contributed by atoms with Crippen molar-refractivity contribution in [3.05, 3.63) is 6.07 Å². The predicted octanol–water partition coefficient (Wildman–Crippen LogP) is -0.376. The van der Waals surface area contributed by atoms with E-state index in [1.54, 1.807) is 6.07 Å². The average molecular weight is 166 g/mol. The maximum absolute atomic E-state index is 5.36. The van der Waals surface area contributed by atoms with Gasteiger partial charge in [0.1, 0.15) is 11.5 Å². The summed E-state index contributed by atoms with van der Waals surface area (Å²) < 4.78 is 4.75. The second-order valence-electron chi connectivity index (χ2n) is 2.16. The van der Waals surface area contributed by atoms with E-state index in [2.05, 4.69) is 20.3 Å². The lowest BCUT2D eigenvalue weighted by Crippen LogP contribution is -1.85. The number of hydrogen-bond donors (Lipinski definition) is 3. The van der Waals surface area contributed by atoms with Gasteiger partial charge in [0.05, 0.1) is 0 Å². The van der Waals surface area contributed by atoms with Crippen LogP contribution in [0.4, 0.5) is 11.8 Å². The topological polar surface area (TPSA) is 120 Å². The molecule has 0 aromatic carbocycles. The number of H-pyrrole nitrogens is 1. The van der Waals surface area contributed by atoms with Crippen LogP contribution in [0.1, 0.15) is 0 Å². The van der Waals surface area contributed by atoms with Crippen LogP contribution in [0.25, 0.3) is 11.6 Å². The first-order chi connectivity index (χ1) is 5.75. The van der Waals surface area contributed by atoms with Gasteiger partial charge in [-0.3, -0.25) is 5.10 Å². The Morgan fingerprint density at radius 1 is 1.42 bits per heavy atom. The van der Waals surface area contributed by atoms with E-state index in [0.717, 1.165) is 0 Å². The van der Waals surface area contributed by atoms with Crippen molar-refractivity contribution in [2.75, 3.05) is 11.5 Å². The number of nitrogens with zero attached hydrogens (tertiary/aromatic N) is 3. The molecule has 7 heteroatoms. The summed E-state index contributed by atoms with van der Waals surface area (Å²) in [6.45, 7) is 0. The Bertz CT molecular complexity index is 352. The van der Waals surface area contributed by atoms with Gasteiger partial charge in [0.15, 0.2) is 0 Å². The summed E-state index contributed by atoms with van der Waals surface area (Å²) in [5.41, 5.74) is 11.2. The molecule has 0 aliphatic rings. The molecular weight excluding hydrogens is 160 g/mol. The van der Waals surface area contributed by atoms with Crippen LogP contribution in [-0.4, -0.2) is 20.3 Å².